The first-order chi connectivity index (χ1) is 7.18. The highest BCUT2D eigenvalue weighted by Crippen LogP contribution is 2.03. The number of carbonyl (C=O) groups excluding carboxylic acids is 1. The summed E-state index contributed by atoms with van der Waals surface area (Å²) in [4.78, 5) is 10.4. The van der Waals surface area contributed by atoms with Crippen molar-refractivity contribution in [2.24, 2.45) is 5.73 Å². The number of nitrogen functional groups attached to an aromatic ring is 1. The molecule has 1 aromatic heterocycles. The van der Waals surface area contributed by atoms with E-state index in [1.165, 1.54) is 0 Å². The number of aromatic nitrogens is 2. The molecule has 0 radical (unpaired) electrons. The van der Waals surface area contributed by atoms with Crippen molar-refractivity contribution < 1.29 is 4.79 Å². The Bertz CT molecular complexity index is 311. The van der Waals surface area contributed by atoms with E-state index in [-0.39, 0.29) is 5.91 Å². The maximum Gasteiger partial charge on any atom is 0.217 e. The quantitative estimate of drug-likeness (QED) is 0.577. The lowest BCUT2D eigenvalue weighted by atomic mass is 10.2. The third-order valence-electron chi connectivity index (χ3n) is 1.84. The SMILES string of the molecule is NC(=O)CCCCNc1ccc(N)nn1. The van der Waals surface area contributed by atoms with Crippen molar-refractivity contribution in [2.45, 2.75) is 19.3 Å². The van der Waals surface area contributed by atoms with Gasteiger partial charge >= 0.3 is 0 Å². The number of nitrogens with one attached hydrogen (secondary N) is 1. The van der Waals surface area contributed by atoms with E-state index in [9.17, 15) is 4.79 Å². The van der Waals surface area contributed by atoms with E-state index in [0.29, 0.717) is 18.1 Å². The molecule has 5 N–H and O–H groups in total. The fraction of sp³-hybridized carbons (Fsp3) is 0.444. The molecular weight excluding hydrogens is 194 g/mol. The third-order valence-corrected chi connectivity index (χ3v) is 1.84. The Morgan fingerprint density at radius 3 is 2.73 bits per heavy atom. The first-order valence-corrected chi connectivity index (χ1v) is 4.80. The van der Waals surface area contributed by atoms with Crippen molar-refractivity contribution >= 4 is 17.5 Å². The number of rotatable bonds is 6. The van der Waals surface area contributed by atoms with Crippen molar-refractivity contribution in [3.8, 4) is 0 Å². The number of anilines is 2. The van der Waals surface area contributed by atoms with E-state index in [1.807, 2.05) is 0 Å². The van der Waals surface area contributed by atoms with Crippen LogP contribution < -0.4 is 16.8 Å². The van der Waals surface area contributed by atoms with Gasteiger partial charge in [-0.25, -0.2) is 0 Å². The second kappa shape index (κ2) is 5.79. The summed E-state index contributed by atoms with van der Waals surface area (Å²) >= 11 is 0. The number of hydrogen-bond acceptors (Lipinski definition) is 5. The fourth-order valence-corrected chi connectivity index (χ4v) is 1.08. The maximum absolute atomic E-state index is 10.4. The molecule has 0 spiro atoms. The summed E-state index contributed by atoms with van der Waals surface area (Å²) in [5.74, 6) is 0.819. The largest absolute Gasteiger partial charge is 0.382 e. The minimum Gasteiger partial charge on any atom is -0.382 e. The zero-order valence-corrected chi connectivity index (χ0v) is 8.44. The van der Waals surface area contributed by atoms with Gasteiger partial charge in [0.1, 0.15) is 11.6 Å². The molecule has 15 heavy (non-hydrogen) atoms. The van der Waals surface area contributed by atoms with E-state index >= 15 is 0 Å². The molecule has 0 aromatic carbocycles. The average Bonchev–Trinajstić information content (AvgIpc) is 2.20. The highest BCUT2D eigenvalue weighted by Gasteiger charge is 1.96. The summed E-state index contributed by atoms with van der Waals surface area (Å²) in [5, 5.41) is 10.6. The summed E-state index contributed by atoms with van der Waals surface area (Å²) in [6.45, 7) is 0.742. The number of hydrogen-bond donors (Lipinski definition) is 3. The Kier molecular flexibility index (Phi) is 4.33. The standard InChI is InChI=1S/C9H15N5O/c10-7-4-5-9(14-13-7)12-6-2-1-3-8(11)15/h4-5H,1-3,6H2,(H2,10,13)(H2,11,15)(H,12,14). The van der Waals surface area contributed by atoms with Crippen LogP contribution in [0.15, 0.2) is 12.1 Å². The number of primary amides is 1. The topological polar surface area (TPSA) is 107 Å². The molecule has 1 rings (SSSR count). The lowest BCUT2D eigenvalue weighted by Gasteiger charge is -2.03. The Morgan fingerprint density at radius 2 is 2.13 bits per heavy atom. The van der Waals surface area contributed by atoms with Crippen molar-refractivity contribution in [2.75, 3.05) is 17.6 Å². The molecule has 0 unspecified atom stereocenters. The van der Waals surface area contributed by atoms with Crippen LogP contribution in [-0.4, -0.2) is 22.6 Å². The second-order valence-electron chi connectivity index (χ2n) is 3.19. The minimum absolute atomic E-state index is 0.262. The van der Waals surface area contributed by atoms with Crippen LogP contribution >= 0.6 is 0 Å². The second-order valence-corrected chi connectivity index (χ2v) is 3.19. The first-order valence-electron chi connectivity index (χ1n) is 4.80. The molecule has 6 nitrogen and oxygen atoms in total. The Balaban J connectivity index is 2.15. The molecule has 0 saturated heterocycles. The van der Waals surface area contributed by atoms with E-state index in [1.54, 1.807) is 12.1 Å². The summed E-state index contributed by atoms with van der Waals surface area (Å²) < 4.78 is 0. The molecule has 0 aliphatic rings. The van der Waals surface area contributed by atoms with E-state index in [0.717, 1.165) is 19.4 Å². The van der Waals surface area contributed by atoms with Crippen LogP contribution in [0.3, 0.4) is 0 Å². The zero-order valence-electron chi connectivity index (χ0n) is 8.44. The normalized spacial score (nSPS) is 9.87. The fourth-order valence-electron chi connectivity index (χ4n) is 1.08. The molecule has 0 atom stereocenters. The van der Waals surface area contributed by atoms with Crippen LogP contribution in [0.1, 0.15) is 19.3 Å². The Morgan fingerprint density at radius 1 is 1.33 bits per heavy atom. The Hall–Kier alpha value is -1.85. The lowest BCUT2D eigenvalue weighted by molar-refractivity contribution is -0.118. The molecule has 1 amide bonds. The van der Waals surface area contributed by atoms with Crippen LogP contribution in [0.4, 0.5) is 11.6 Å². The number of nitrogens with zero attached hydrogens (tertiary/aromatic N) is 2. The van der Waals surface area contributed by atoms with Crippen LogP contribution in [0.2, 0.25) is 0 Å². The van der Waals surface area contributed by atoms with E-state index in [4.69, 9.17) is 11.5 Å². The number of amides is 1. The van der Waals surface area contributed by atoms with Gasteiger partial charge in [-0.1, -0.05) is 0 Å². The van der Waals surface area contributed by atoms with Crippen LogP contribution in [0.25, 0.3) is 0 Å². The molecule has 6 heteroatoms. The van der Waals surface area contributed by atoms with Crippen molar-refractivity contribution in [3.05, 3.63) is 12.1 Å². The van der Waals surface area contributed by atoms with Crippen molar-refractivity contribution in [1.82, 2.24) is 10.2 Å². The van der Waals surface area contributed by atoms with Gasteiger partial charge in [0, 0.05) is 13.0 Å². The van der Waals surface area contributed by atoms with Gasteiger partial charge in [-0.15, -0.1) is 10.2 Å². The molecule has 0 bridgehead atoms. The highest BCUT2D eigenvalue weighted by atomic mass is 16.1. The maximum atomic E-state index is 10.4. The van der Waals surface area contributed by atoms with Crippen LogP contribution in [-0.2, 0) is 4.79 Å². The summed E-state index contributed by atoms with van der Waals surface area (Å²) in [6, 6.07) is 3.44. The van der Waals surface area contributed by atoms with Crippen molar-refractivity contribution in [1.29, 1.82) is 0 Å². The van der Waals surface area contributed by atoms with Crippen LogP contribution in [0, 0.1) is 0 Å². The van der Waals surface area contributed by atoms with E-state index in [2.05, 4.69) is 15.5 Å². The predicted molar refractivity (Wildman–Crippen MR) is 58.0 cm³/mol. The lowest BCUT2D eigenvalue weighted by Crippen LogP contribution is -2.11. The predicted octanol–water partition coefficient (Wildman–Crippen LogP) is 0.126. The van der Waals surface area contributed by atoms with Gasteiger partial charge < -0.3 is 16.8 Å². The summed E-state index contributed by atoms with van der Waals surface area (Å²) in [5.41, 5.74) is 10.4. The minimum atomic E-state index is -0.262. The first kappa shape index (κ1) is 11.2. The van der Waals surface area contributed by atoms with Gasteiger partial charge in [-0.2, -0.15) is 0 Å². The van der Waals surface area contributed by atoms with Crippen molar-refractivity contribution in [3.63, 3.8) is 0 Å². The summed E-state index contributed by atoms with van der Waals surface area (Å²) in [6.07, 6.45) is 2.08. The van der Waals surface area contributed by atoms with Gasteiger partial charge in [0.15, 0.2) is 0 Å². The molecule has 1 heterocycles. The molecule has 0 saturated carbocycles. The third kappa shape index (κ3) is 4.80. The molecule has 1 aromatic rings. The van der Waals surface area contributed by atoms with E-state index < -0.39 is 0 Å². The molecule has 82 valence electrons. The number of nitrogens with two attached hydrogens (primary N) is 2. The van der Waals surface area contributed by atoms with Gasteiger partial charge in [0.2, 0.25) is 5.91 Å². The summed E-state index contributed by atoms with van der Waals surface area (Å²) in [7, 11) is 0. The van der Waals surface area contributed by atoms with Gasteiger partial charge in [-0.05, 0) is 25.0 Å². The zero-order chi connectivity index (χ0) is 11.1. The number of unbranched alkanes of at least 4 members (excludes halogenated alkanes) is 1. The molecular formula is C9H15N5O. The van der Waals surface area contributed by atoms with Gasteiger partial charge in [0.25, 0.3) is 0 Å². The molecule has 0 aliphatic heterocycles. The monoisotopic (exact) mass is 209 g/mol. The Labute approximate surface area is 88.1 Å². The van der Waals surface area contributed by atoms with Crippen LogP contribution in [0.5, 0.6) is 0 Å². The van der Waals surface area contributed by atoms with Gasteiger partial charge in [0.05, 0.1) is 0 Å². The molecule has 0 fully saturated rings. The average molecular weight is 209 g/mol. The number of carbonyl (C=O) groups is 1. The molecule has 0 aliphatic carbocycles. The smallest absolute Gasteiger partial charge is 0.217 e. The highest BCUT2D eigenvalue weighted by molar-refractivity contribution is 5.73. The van der Waals surface area contributed by atoms with Gasteiger partial charge in [-0.3, -0.25) is 4.79 Å².